The van der Waals surface area contributed by atoms with Crippen LogP contribution in [-0.2, 0) is 19.0 Å². The maximum Gasteiger partial charge on any atom is 0.329 e. The highest BCUT2D eigenvalue weighted by molar-refractivity contribution is 5.67. The molecular weight excluding hydrogens is 212 g/mol. The maximum absolute atomic E-state index is 10.3. The van der Waals surface area contributed by atoms with Crippen molar-refractivity contribution in [3.05, 3.63) is 0 Å². The minimum atomic E-state index is -0.914. The Morgan fingerprint density at radius 2 is 2.25 bits per heavy atom. The van der Waals surface area contributed by atoms with Crippen LogP contribution in [-0.4, -0.2) is 44.3 Å². The van der Waals surface area contributed by atoms with Crippen LogP contribution in [0, 0.1) is 5.92 Å². The van der Waals surface area contributed by atoms with Gasteiger partial charge in [0.2, 0.25) is 0 Å². The van der Waals surface area contributed by atoms with Gasteiger partial charge in [0.1, 0.15) is 13.4 Å². The van der Waals surface area contributed by atoms with Gasteiger partial charge < -0.3 is 19.3 Å². The van der Waals surface area contributed by atoms with Gasteiger partial charge in [-0.05, 0) is 25.2 Å². The van der Waals surface area contributed by atoms with E-state index in [4.69, 9.17) is 19.3 Å². The Labute approximate surface area is 95.7 Å². The molecule has 0 radical (unpaired) electrons. The van der Waals surface area contributed by atoms with Crippen molar-refractivity contribution in [1.29, 1.82) is 0 Å². The number of hydrogen-bond donors (Lipinski definition) is 1. The number of carbonyl (C=O) groups is 1. The largest absolute Gasteiger partial charge is 0.480 e. The number of rotatable bonds is 7. The van der Waals surface area contributed by atoms with Crippen molar-refractivity contribution in [1.82, 2.24) is 0 Å². The lowest BCUT2D eigenvalue weighted by atomic mass is 9.88. The summed E-state index contributed by atoms with van der Waals surface area (Å²) in [6, 6.07) is 0. The number of hydrogen-bond acceptors (Lipinski definition) is 4. The molecule has 16 heavy (non-hydrogen) atoms. The van der Waals surface area contributed by atoms with Gasteiger partial charge in [-0.15, -0.1) is 0 Å². The highest BCUT2D eigenvalue weighted by atomic mass is 16.7. The number of aliphatic carboxylic acids is 1. The Kier molecular flexibility index (Phi) is 6.37. The van der Waals surface area contributed by atoms with Gasteiger partial charge in [-0.2, -0.15) is 0 Å². The first kappa shape index (κ1) is 13.4. The summed E-state index contributed by atoms with van der Waals surface area (Å²) in [4.78, 5) is 10.3. The van der Waals surface area contributed by atoms with Crippen molar-refractivity contribution < 1.29 is 24.1 Å². The molecule has 0 saturated heterocycles. The molecule has 0 unspecified atom stereocenters. The lowest BCUT2D eigenvalue weighted by Crippen LogP contribution is -2.27. The van der Waals surface area contributed by atoms with Crippen LogP contribution in [0.3, 0.4) is 0 Å². The summed E-state index contributed by atoms with van der Waals surface area (Å²) in [7, 11) is 1.61. The lowest BCUT2D eigenvalue weighted by Gasteiger charge is -2.28. The molecule has 5 heteroatoms. The van der Waals surface area contributed by atoms with Crippen molar-refractivity contribution in [3.63, 3.8) is 0 Å². The molecule has 0 aromatic carbocycles. The Bertz CT molecular complexity index is 207. The highest BCUT2D eigenvalue weighted by Crippen LogP contribution is 2.26. The minimum absolute atomic E-state index is 0.208. The van der Waals surface area contributed by atoms with E-state index in [2.05, 4.69) is 0 Å². The van der Waals surface area contributed by atoms with E-state index in [0.29, 0.717) is 19.3 Å². The van der Waals surface area contributed by atoms with E-state index in [-0.39, 0.29) is 12.7 Å². The van der Waals surface area contributed by atoms with Gasteiger partial charge in [-0.25, -0.2) is 4.79 Å². The van der Waals surface area contributed by atoms with Crippen LogP contribution in [0.5, 0.6) is 0 Å². The molecule has 0 aliphatic heterocycles. The van der Waals surface area contributed by atoms with E-state index >= 15 is 0 Å². The Morgan fingerprint density at radius 1 is 1.44 bits per heavy atom. The van der Waals surface area contributed by atoms with E-state index in [0.717, 1.165) is 25.7 Å². The molecular formula is C11H20O5. The smallest absolute Gasteiger partial charge is 0.329 e. The van der Waals surface area contributed by atoms with Gasteiger partial charge in [-0.1, -0.05) is 6.42 Å². The zero-order chi connectivity index (χ0) is 11.8. The monoisotopic (exact) mass is 232 g/mol. The van der Waals surface area contributed by atoms with Gasteiger partial charge in [-0.3, -0.25) is 0 Å². The first-order chi connectivity index (χ1) is 7.72. The maximum atomic E-state index is 10.3. The lowest BCUT2D eigenvalue weighted by molar-refractivity contribution is -0.143. The molecule has 5 nitrogen and oxygen atoms in total. The molecule has 0 spiro atoms. The third kappa shape index (κ3) is 5.44. The Morgan fingerprint density at radius 3 is 2.94 bits per heavy atom. The highest BCUT2D eigenvalue weighted by Gasteiger charge is 2.22. The fraction of sp³-hybridized carbons (Fsp3) is 0.909. The van der Waals surface area contributed by atoms with Gasteiger partial charge in [0.15, 0.2) is 0 Å². The third-order valence-electron chi connectivity index (χ3n) is 2.74. The van der Waals surface area contributed by atoms with Crippen molar-refractivity contribution in [2.45, 2.75) is 31.8 Å². The molecule has 0 amide bonds. The van der Waals surface area contributed by atoms with E-state index < -0.39 is 5.97 Å². The summed E-state index contributed by atoms with van der Waals surface area (Å²) in [5.74, 6) is -0.502. The van der Waals surface area contributed by atoms with Gasteiger partial charge in [0.05, 0.1) is 12.7 Å². The molecule has 1 aliphatic carbocycles. The number of carboxylic acids is 1. The summed E-state index contributed by atoms with van der Waals surface area (Å²) >= 11 is 0. The predicted octanol–water partition coefficient (Wildman–Crippen LogP) is 1.27. The summed E-state index contributed by atoms with van der Waals surface area (Å²) in [5, 5.41) is 8.44. The molecule has 1 aliphatic rings. The van der Waals surface area contributed by atoms with E-state index in [1.54, 1.807) is 7.11 Å². The average molecular weight is 232 g/mol. The van der Waals surface area contributed by atoms with Crippen molar-refractivity contribution in [2.75, 3.05) is 27.1 Å². The summed E-state index contributed by atoms with van der Waals surface area (Å²) < 4.78 is 15.5. The zero-order valence-electron chi connectivity index (χ0n) is 9.68. The Hall–Kier alpha value is -0.650. The summed E-state index contributed by atoms with van der Waals surface area (Å²) in [5.41, 5.74) is 0. The van der Waals surface area contributed by atoms with E-state index in [1.807, 2.05) is 0 Å². The predicted molar refractivity (Wildman–Crippen MR) is 57.2 cm³/mol. The van der Waals surface area contributed by atoms with Crippen LogP contribution >= 0.6 is 0 Å². The SMILES string of the molecule is COCO[C@H]1CCC[C@@H](COCC(=O)O)C1. The molecule has 0 bridgehead atoms. The molecule has 1 rings (SSSR count). The summed E-state index contributed by atoms with van der Waals surface area (Å²) in [6.45, 7) is 0.632. The van der Waals surface area contributed by atoms with Crippen LogP contribution < -0.4 is 0 Å². The number of methoxy groups -OCH3 is 1. The van der Waals surface area contributed by atoms with Gasteiger partial charge in [0.25, 0.3) is 0 Å². The standard InChI is InChI=1S/C11H20O5/c1-14-8-16-10-4-2-3-9(5-10)6-15-7-11(12)13/h9-10H,2-8H2,1H3,(H,12,13)/t9-,10+/m1/s1. The van der Waals surface area contributed by atoms with Crippen LogP contribution in [0.15, 0.2) is 0 Å². The van der Waals surface area contributed by atoms with Crippen LogP contribution in [0.1, 0.15) is 25.7 Å². The van der Waals surface area contributed by atoms with Gasteiger partial charge >= 0.3 is 5.97 Å². The average Bonchev–Trinajstić information content (AvgIpc) is 2.26. The molecule has 0 aromatic rings. The normalized spacial score (nSPS) is 25.6. The first-order valence-electron chi connectivity index (χ1n) is 5.62. The first-order valence-corrected chi connectivity index (χ1v) is 5.62. The molecule has 2 atom stereocenters. The van der Waals surface area contributed by atoms with Crippen molar-refractivity contribution in [2.24, 2.45) is 5.92 Å². The van der Waals surface area contributed by atoms with E-state index in [9.17, 15) is 4.79 Å². The second-order valence-corrected chi connectivity index (χ2v) is 4.14. The van der Waals surface area contributed by atoms with E-state index in [1.165, 1.54) is 0 Å². The topological polar surface area (TPSA) is 65.0 Å². The van der Waals surface area contributed by atoms with Crippen LogP contribution in [0.2, 0.25) is 0 Å². The number of carboxylic acid groups (broad SMARTS) is 1. The van der Waals surface area contributed by atoms with Crippen LogP contribution in [0.25, 0.3) is 0 Å². The zero-order valence-corrected chi connectivity index (χ0v) is 9.68. The second kappa shape index (κ2) is 7.60. The molecule has 0 aromatic heterocycles. The molecule has 94 valence electrons. The fourth-order valence-corrected chi connectivity index (χ4v) is 2.02. The van der Waals surface area contributed by atoms with Crippen molar-refractivity contribution in [3.8, 4) is 0 Å². The van der Waals surface area contributed by atoms with Crippen LogP contribution in [0.4, 0.5) is 0 Å². The van der Waals surface area contributed by atoms with Gasteiger partial charge in [0, 0.05) is 7.11 Å². The number of ether oxygens (including phenoxy) is 3. The fourth-order valence-electron chi connectivity index (χ4n) is 2.02. The van der Waals surface area contributed by atoms with Crippen molar-refractivity contribution >= 4 is 5.97 Å². The minimum Gasteiger partial charge on any atom is -0.480 e. The third-order valence-corrected chi connectivity index (χ3v) is 2.74. The summed E-state index contributed by atoms with van der Waals surface area (Å²) in [6.07, 6.45) is 4.41. The molecule has 0 heterocycles. The molecule has 1 saturated carbocycles. The second-order valence-electron chi connectivity index (χ2n) is 4.14. The molecule has 1 N–H and O–H groups in total. The quantitative estimate of drug-likeness (QED) is 0.669. The molecule has 1 fully saturated rings. The Balaban J connectivity index is 2.14.